The maximum absolute atomic E-state index is 13.3. The van der Waals surface area contributed by atoms with Crippen LogP contribution in [0.5, 0.6) is 0 Å². The first-order valence-corrected chi connectivity index (χ1v) is 5.15. The summed E-state index contributed by atoms with van der Waals surface area (Å²) in [5, 5.41) is 0. The summed E-state index contributed by atoms with van der Waals surface area (Å²) < 4.78 is 25.9. The molecule has 1 atom stereocenters. The molecule has 0 heterocycles. The number of carbonyl (C=O) groups is 1. The van der Waals surface area contributed by atoms with Crippen molar-refractivity contribution in [3.8, 4) is 0 Å². The van der Waals surface area contributed by atoms with Crippen molar-refractivity contribution in [3.63, 3.8) is 0 Å². The lowest BCUT2D eigenvalue weighted by molar-refractivity contribution is 0.0963. The molecule has 2 N–H and O–H groups in total. The Morgan fingerprint density at radius 1 is 1.38 bits per heavy atom. The monoisotopic (exact) mass is 227 g/mol. The summed E-state index contributed by atoms with van der Waals surface area (Å²) >= 11 is 0. The van der Waals surface area contributed by atoms with Gasteiger partial charge in [-0.2, -0.15) is 0 Å². The molecule has 0 aliphatic rings. The number of hydrogen-bond acceptors (Lipinski definition) is 2. The van der Waals surface area contributed by atoms with Crippen LogP contribution >= 0.6 is 0 Å². The van der Waals surface area contributed by atoms with E-state index < -0.39 is 17.4 Å². The Hall–Kier alpha value is -1.29. The van der Waals surface area contributed by atoms with Crippen molar-refractivity contribution < 1.29 is 13.6 Å². The van der Waals surface area contributed by atoms with Crippen molar-refractivity contribution in [1.82, 2.24) is 0 Å². The highest BCUT2D eigenvalue weighted by Gasteiger charge is 2.17. The van der Waals surface area contributed by atoms with Crippen molar-refractivity contribution >= 4 is 5.78 Å². The molecular weight excluding hydrogens is 212 g/mol. The Kier molecular flexibility index (Phi) is 4.12. The molecule has 0 radical (unpaired) electrons. The van der Waals surface area contributed by atoms with Crippen LogP contribution in [0.2, 0.25) is 0 Å². The summed E-state index contributed by atoms with van der Waals surface area (Å²) in [7, 11) is 0. The Bertz CT molecular complexity index is 391. The molecule has 2 nitrogen and oxygen atoms in total. The van der Waals surface area contributed by atoms with E-state index in [1.165, 1.54) is 0 Å². The molecule has 88 valence electrons. The van der Waals surface area contributed by atoms with Gasteiger partial charge in [0.05, 0.1) is 5.56 Å². The average Bonchev–Trinajstić information content (AvgIpc) is 2.16. The maximum Gasteiger partial charge on any atom is 0.167 e. The second-order valence-electron chi connectivity index (χ2n) is 4.16. The van der Waals surface area contributed by atoms with Gasteiger partial charge in [0.1, 0.15) is 11.6 Å². The lowest BCUT2D eigenvalue weighted by atomic mass is 9.96. The number of carbonyl (C=O) groups excluding carboxylic acids is 1. The summed E-state index contributed by atoms with van der Waals surface area (Å²) in [6.07, 6.45) is 0.0697. The van der Waals surface area contributed by atoms with Crippen molar-refractivity contribution in [2.75, 3.05) is 0 Å². The van der Waals surface area contributed by atoms with E-state index >= 15 is 0 Å². The second kappa shape index (κ2) is 5.16. The Morgan fingerprint density at radius 2 is 2.00 bits per heavy atom. The molecule has 16 heavy (non-hydrogen) atoms. The smallest absolute Gasteiger partial charge is 0.167 e. The van der Waals surface area contributed by atoms with E-state index in [9.17, 15) is 13.6 Å². The highest BCUT2D eigenvalue weighted by atomic mass is 19.1. The fraction of sp³-hybridized carbons (Fsp3) is 0.417. The molecule has 0 amide bonds. The number of Topliss-reactive ketones (excluding diaryl/α,β-unsaturated/α-hetero) is 1. The zero-order valence-corrected chi connectivity index (χ0v) is 9.34. The predicted molar refractivity (Wildman–Crippen MR) is 58.1 cm³/mol. The fourth-order valence-corrected chi connectivity index (χ4v) is 1.28. The van der Waals surface area contributed by atoms with Gasteiger partial charge in [-0.25, -0.2) is 8.78 Å². The summed E-state index contributed by atoms with van der Waals surface area (Å²) in [4.78, 5) is 11.6. The van der Waals surface area contributed by atoms with Crippen LogP contribution in [-0.2, 0) is 0 Å². The summed E-state index contributed by atoms with van der Waals surface area (Å²) in [5.41, 5.74) is 5.62. The molecule has 1 unspecified atom stereocenters. The Labute approximate surface area is 93.5 Å². The molecule has 1 aromatic rings. The summed E-state index contributed by atoms with van der Waals surface area (Å²) in [6.45, 7) is 3.78. The maximum atomic E-state index is 13.3. The third-order valence-corrected chi connectivity index (χ3v) is 2.51. The molecule has 0 fully saturated rings. The van der Waals surface area contributed by atoms with E-state index in [-0.39, 0.29) is 23.9 Å². The number of hydrogen-bond donors (Lipinski definition) is 1. The molecule has 0 saturated heterocycles. The van der Waals surface area contributed by atoms with Gasteiger partial charge in [0, 0.05) is 18.5 Å². The van der Waals surface area contributed by atoms with Crippen LogP contribution in [0.3, 0.4) is 0 Å². The summed E-state index contributed by atoms with van der Waals surface area (Å²) in [5.74, 6) is -1.77. The van der Waals surface area contributed by atoms with Gasteiger partial charge in [-0.3, -0.25) is 4.79 Å². The molecule has 0 aromatic heterocycles. The van der Waals surface area contributed by atoms with Crippen molar-refractivity contribution in [2.24, 2.45) is 11.7 Å². The van der Waals surface area contributed by atoms with Crippen LogP contribution in [0.1, 0.15) is 30.6 Å². The molecule has 1 rings (SSSR count). The zero-order valence-electron chi connectivity index (χ0n) is 9.34. The van der Waals surface area contributed by atoms with E-state index in [1.807, 2.05) is 13.8 Å². The first-order chi connectivity index (χ1) is 7.41. The molecule has 0 spiro atoms. The molecule has 0 aliphatic carbocycles. The minimum Gasteiger partial charge on any atom is -0.327 e. The Morgan fingerprint density at radius 3 is 2.50 bits per heavy atom. The van der Waals surface area contributed by atoms with E-state index in [0.29, 0.717) is 6.07 Å². The highest BCUT2D eigenvalue weighted by molar-refractivity contribution is 5.96. The van der Waals surface area contributed by atoms with E-state index in [0.717, 1.165) is 12.1 Å². The van der Waals surface area contributed by atoms with Crippen LogP contribution in [-0.4, -0.2) is 11.8 Å². The molecule has 0 saturated carbocycles. The van der Waals surface area contributed by atoms with Gasteiger partial charge in [-0.1, -0.05) is 13.8 Å². The number of nitrogens with two attached hydrogens (primary N) is 1. The quantitative estimate of drug-likeness (QED) is 0.803. The predicted octanol–water partition coefficient (Wildman–Crippen LogP) is 2.52. The molecular formula is C12H15F2NO. The van der Waals surface area contributed by atoms with Crippen LogP contribution in [0.25, 0.3) is 0 Å². The van der Waals surface area contributed by atoms with Crippen molar-refractivity contribution in [3.05, 3.63) is 35.4 Å². The normalized spacial score (nSPS) is 12.9. The Balaban J connectivity index is 2.81. The van der Waals surface area contributed by atoms with E-state index in [4.69, 9.17) is 5.73 Å². The first kappa shape index (κ1) is 12.8. The third kappa shape index (κ3) is 3.10. The van der Waals surface area contributed by atoms with E-state index in [1.54, 1.807) is 0 Å². The minimum absolute atomic E-state index is 0.0697. The van der Waals surface area contributed by atoms with Gasteiger partial charge in [0.25, 0.3) is 0 Å². The summed E-state index contributed by atoms with van der Waals surface area (Å²) in [6, 6.07) is 2.61. The van der Waals surface area contributed by atoms with E-state index in [2.05, 4.69) is 0 Å². The lowest BCUT2D eigenvalue weighted by Gasteiger charge is -2.14. The van der Waals surface area contributed by atoms with Gasteiger partial charge in [-0.05, 0) is 18.1 Å². The topological polar surface area (TPSA) is 43.1 Å². The fourth-order valence-electron chi connectivity index (χ4n) is 1.28. The number of halogens is 2. The van der Waals surface area contributed by atoms with Gasteiger partial charge >= 0.3 is 0 Å². The van der Waals surface area contributed by atoms with Crippen molar-refractivity contribution in [2.45, 2.75) is 26.3 Å². The number of benzene rings is 1. The van der Waals surface area contributed by atoms with Crippen LogP contribution < -0.4 is 5.73 Å². The molecule has 0 bridgehead atoms. The number of ketones is 1. The average molecular weight is 227 g/mol. The number of rotatable bonds is 4. The van der Waals surface area contributed by atoms with Crippen LogP contribution in [0, 0.1) is 17.6 Å². The lowest BCUT2D eigenvalue weighted by Crippen LogP contribution is -2.29. The third-order valence-electron chi connectivity index (χ3n) is 2.51. The molecule has 0 aliphatic heterocycles. The standard InChI is InChI=1S/C12H15F2NO/c1-7(2)11(15)6-12(16)9-4-3-8(13)5-10(9)14/h3-5,7,11H,6,15H2,1-2H3. The zero-order chi connectivity index (χ0) is 12.3. The highest BCUT2D eigenvalue weighted by Crippen LogP contribution is 2.14. The second-order valence-corrected chi connectivity index (χ2v) is 4.16. The van der Waals surface area contributed by atoms with Gasteiger partial charge < -0.3 is 5.73 Å². The minimum atomic E-state index is -0.832. The van der Waals surface area contributed by atoms with Crippen LogP contribution in [0.15, 0.2) is 18.2 Å². The SMILES string of the molecule is CC(C)C(N)CC(=O)c1ccc(F)cc1F. The largest absolute Gasteiger partial charge is 0.327 e. The van der Waals surface area contributed by atoms with Gasteiger partial charge in [0.15, 0.2) is 5.78 Å². The molecule has 4 heteroatoms. The van der Waals surface area contributed by atoms with Gasteiger partial charge in [-0.15, -0.1) is 0 Å². The first-order valence-electron chi connectivity index (χ1n) is 5.15. The van der Waals surface area contributed by atoms with Crippen molar-refractivity contribution in [1.29, 1.82) is 0 Å². The van der Waals surface area contributed by atoms with Gasteiger partial charge in [0.2, 0.25) is 0 Å². The van der Waals surface area contributed by atoms with Crippen LogP contribution in [0.4, 0.5) is 8.78 Å². The molecule has 1 aromatic carbocycles.